The van der Waals surface area contributed by atoms with Crippen molar-refractivity contribution >= 4 is 30.5 Å². The molecular weight excluding hydrogens is 560 g/mol. The van der Waals surface area contributed by atoms with Crippen LogP contribution in [0.25, 0.3) is 0 Å². The number of aryl methyl sites for hydroxylation is 1. The number of hydrogen-bond acceptors (Lipinski definition) is 11. The highest BCUT2D eigenvalue weighted by molar-refractivity contribution is 5.77. The molecule has 0 aliphatic carbocycles. The van der Waals surface area contributed by atoms with Crippen LogP contribution in [0, 0.1) is 6.92 Å². The molecule has 0 N–H and O–H groups in total. The zero-order chi connectivity index (χ0) is 31.4. The molecule has 3 aromatic rings. The van der Waals surface area contributed by atoms with Crippen molar-refractivity contribution in [3.05, 3.63) is 87.5 Å². The molecule has 3 aromatic carbocycles. The lowest BCUT2D eigenvalue weighted by Crippen LogP contribution is -2.16. The van der Waals surface area contributed by atoms with Crippen molar-refractivity contribution < 1.29 is 52.4 Å². The van der Waals surface area contributed by atoms with Crippen molar-refractivity contribution in [2.75, 3.05) is 41.2 Å². The minimum Gasteiger partial charge on any atom is -0.482 e. The van der Waals surface area contributed by atoms with Crippen molar-refractivity contribution in [2.45, 2.75) is 19.8 Å². The molecule has 0 amide bonds. The third-order valence-electron chi connectivity index (χ3n) is 6.30. The van der Waals surface area contributed by atoms with Crippen molar-refractivity contribution in [1.82, 2.24) is 0 Å². The molecule has 0 unspecified atom stereocenters. The Morgan fingerprint density at radius 2 is 0.977 bits per heavy atom. The summed E-state index contributed by atoms with van der Waals surface area (Å²) >= 11 is 0. The number of carbonyl (C=O) groups is 5. The Morgan fingerprint density at radius 1 is 0.581 bits per heavy atom. The molecule has 226 valence electrons. The SMILES string of the molecule is COC(=O)COc1ccc(C=O)cc1Cc1cc(C)cc(Cc2cc(C=O)ccc2OCC(=O)OC)c1OCC(=O)OC. The first-order valence-electron chi connectivity index (χ1n) is 13.1. The maximum absolute atomic E-state index is 12.1. The number of esters is 3. The van der Waals surface area contributed by atoms with Crippen molar-refractivity contribution in [1.29, 1.82) is 0 Å². The maximum Gasteiger partial charge on any atom is 0.343 e. The number of benzene rings is 3. The molecular formula is C32H32O11. The van der Waals surface area contributed by atoms with E-state index < -0.39 is 17.9 Å². The number of rotatable bonds is 15. The van der Waals surface area contributed by atoms with Gasteiger partial charge in [0.15, 0.2) is 19.8 Å². The zero-order valence-electron chi connectivity index (χ0n) is 24.3. The number of aldehydes is 2. The zero-order valence-corrected chi connectivity index (χ0v) is 24.3. The van der Waals surface area contributed by atoms with Crippen molar-refractivity contribution in [3.63, 3.8) is 0 Å². The average molecular weight is 593 g/mol. The van der Waals surface area contributed by atoms with Crippen LogP contribution >= 0.6 is 0 Å². The van der Waals surface area contributed by atoms with Gasteiger partial charge in [-0.3, -0.25) is 9.59 Å². The van der Waals surface area contributed by atoms with Gasteiger partial charge in [0.2, 0.25) is 0 Å². The monoisotopic (exact) mass is 592 g/mol. The van der Waals surface area contributed by atoms with Crippen LogP contribution in [0.15, 0.2) is 48.5 Å². The predicted molar refractivity (Wildman–Crippen MR) is 153 cm³/mol. The molecule has 0 heterocycles. The Bertz CT molecular complexity index is 1390. The van der Waals surface area contributed by atoms with Crippen LogP contribution < -0.4 is 14.2 Å². The summed E-state index contributed by atoms with van der Waals surface area (Å²) in [4.78, 5) is 58.6. The van der Waals surface area contributed by atoms with Gasteiger partial charge in [-0.2, -0.15) is 0 Å². The van der Waals surface area contributed by atoms with E-state index in [1.807, 2.05) is 19.1 Å². The molecule has 0 radical (unpaired) electrons. The molecule has 0 aromatic heterocycles. The van der Waals surface area contributed by atoms with E-state index in [0.717, 1.165) is 5.56 Å². The second-order valence-electron chi connectivity index (χ2n) is 9.33. The lowest BCUT2D eigenvalue weighted by atomic mass is 9.93. The highest BCUT2D eigenvalue weighted by atomic mass is 16.6. The van der Waals surface area contributed by atoms with E-state index in [9.17, 15) is 24.0 Å². The Labute approximate surface area is 248 Å². The summed E-state index contributed by atoms with van der Waals surface area (Å²) in [6.07, 6.45) is 1.78. The van der Waals surface area contributed by atoms with Crippen LogP contribution in [0.3, 0.4) is 0 Å². The maximum atomic E-state index is 12.1. The summed E-state index contributed by atoms with van der Waals surface area (Å²) in [5.74, 6) is -0.680. The van der Waals surface area contributed by atoms with Gasteiger partial charge in [0.1, 0.15) is 29.8 Å². The average Bonchev–Trinajstić information content (AvgIpc) is 3.02. The molecule has 0 aliphatic rings. The quantitative estimate of drug-likeness (QED) is 0.146. The fourth-order valence-corrected chi connectivity index (χ4v) is 4.27. The summed E-state index contributed by atoms with van der Waals surface area (Å²) in [5, 5.41) is 0. The Hall–Kier alpha value is -5.19. The van der Waals surface area contributed by atoms with E-state index >= 15 is 0 Å². The lowest BCUT2D eigenvalue weighted by Gasteiger charge is -2.19. The summed E-state index contributed by atoms with van der Waals surface area (Å²) in [6, 6.07) is 13.3. The second-order valence-corrected chi connectivity index (χ2v) is 9.33. The van der Waals surface area contributed by atoms with Crippen LogP contribution in [0.4, 0.5) is 0 Å². The topological polar surface area (TPSA) is 141 Å². The number of hydrogen-bond donors (Lipinski definition) is 0. The van der Waals surface area contributed by atoms with Crippen LogP contribution in [0.1, 0.15) is 48.5 Å². The van der Waals surface area contributed by atoms with Crippen molar-refractivity contribution in [3.8, 4) is 17.2 Å². The molecule has 0 saturated heterocycles. The minimum absolute atomic E-state index is 0.198. The van der Waals surface area contributed by atoms with E-state index in [0.29, 0.717) is 63.2 Å². The van der Waals surface area contributed by atoms with Crippen LogP contribution in [-0.2, 0) is 41.4 Å². The molecule has 0 aliphatic heterocycles. The van der Waals surface area contributed by atoms with Crippen LogP contribution in [-0.4, -0.2) is 71.6 Å². The standard InChI is InChI=1S/C32H32O11/c1-20-9-25(13-23-11-21(15-33)5-7-27(23)41-17-29(35)38-2)32(43-19-31(37)40-4)26(10-20)14-24-12-22(16-34)6-8-28(24)42-18-30(36)39-3/h5-12,15-16H,13-14,17-19H2,1-4H3. The fourth-order valence-electron chi connectivity index (χ4n) is 4.27. The number of methoxy groups -OCH3 is 3. The van der Waals surface area contributed by atoms with E-state index in [-0.39, 0.29) is 32.7 Å². The Kier molecular flexibility index (Phi) is 11.8. The highest BCUT2D eigenvalue weighted by Gasteiger charge is 2.19. The van der Waals surface area contributed by atoms with E-state index in [4.69, 9.17) is 18.9 Å². The van der Waals surface area contributed by atoms with Gasteiger partial charge in [0, 0.05) is 24.0 Å². The third kappa shape index (κ3) is 9.15. The first kappa shape index (κ1) is 32.3. The Morgan fingerprint density at radius 3 is 1.35 bits per heavy atom. The molecule has 0 atom stereocenters. The number of carbonyl (C=O) groups excluding carboxylic acids is 5. The lowest BCUT2D eigenvalue weighted by molar-refractivity contribution is -0.143. The van der Waals surface area contributed by atoms with Gasteiger partial charge in [0.25, 0.3) is 0 Å². The van der Waals surface area contributed by atoms with E-state index in [1.165, 1.54) is 21.3 Å². The molecule has 43 heavy (non-hydrogen) atoms. The summed E-state index contributed by atoms with van der Waals surface area (Å²) in [7, 11) is 3.74. The first-order chi connectivity index (χ1) is 20.7. The molecule has 0 spiro atoms. The largest absolute Gasteiger partial charge is 0.482 e. The molecule has 11 nitrogen and oxygen atoms in total. The van der Waals surface area contributed by atoms with Crippen molar-refractivity contribution in [2.24, 2.45) is 0 Å². The van der Waals surface area contributed by atoms with E-state index in [2.05, 4.69) is 9.47 Å². The summed E-state index contributed by atoms with van der Waals surface area (Å²) in [5.41, 5.74) is 4.09. The summed E-state index contributed by atoms with van der Waals surface area (Å²) in [6.45, 7) is 0.816. The van der Waals surface area contributed by atoms with Gasteiger partial charge < -0.3 is 28.4 Å². The fraction of sp³-hybridized carbons (Fsp3) is 0.281. The third-order valence-corrected chi connectivity index (χ3v) is 6.30. The van der Waals surface area contributed by atoms with Crippen LogP contribution in [0.5, 0.6) is 17.2 Å². The second kappa shape index (κ2) is 15.7. The minimum atomic E-state index is -0.604. The predicted octanol–water partition coefficient (Wildman–Crippen LogP) is 3.46. The van der Waals surface area contributed by atoms with Gasteiger partial charge in [-0.1, -0.05) is 17.7 Å². The highest BCUT2D eigenvalue weighted by Crippen LogP contribution is 2.34. The van der Waals surface area contributed by atoms with Gasteiger partial charge in [-0.05, 0) is 65.6 Å². The molecule has 3 rings (SSSR count). The first-order valence-corrected chi connectivity index (χ1v) is 13.1. The molecule has 11 heteroatoms. The molecule has 0 bridgehead atoms. The Balaban J connectivity index is 2.10. The molecule has 0 fully saturated rings. The smallest absolute Gasteiger partial charge is 0.343 e. The van der Waals surface area contributed by atoms with Gasteiger partial charge in [-0.25, -0.2) is 14.4 Å². The van der Waals surface area contributed by atoms with E-state index in [1.54, 1.807) is 36.4 Å². The van der Waals surface area contributed by atoms with Gasteiger partial charge >= 0.3 is 17.9 Å². The molecule has 0 saturated carbocycles. The van der Waals surface area contributed by atoms with Gasteiger partial charge in [-0.15, -0.1) is 0 Å². The summed E-state index contributed by atoms with van der Waals surface area (Å²) < 4.78 is 31.5. The number of ether oxygens (including phenoxy) is 6. The normalized spacial score (nSPS) is 10.3. The van der Waals surface area contributed by atoms with Gasteiger partial charge in [0.05, 0.1) is 21.3 Å². The van der Waals surface area contributed by atoms with Crippen LogP contribution in [0.2, 0.25) is 0 Å².